The number of ether oxygens (including phenoxy) is 2. The number of amides is 1. The number of hydrogen-bond acceptors (Lipinski definition) is 5. The molecule has 0 aromatic heterocycles. The van der Waals surface area contributed by atoms with Gasteiger partial charge in [-0.3, -0.25) is 14.7 Å². The molecule has 0 spiro atoms. The molecule has 2 rings (SSSR count). The summed E-state index contributed by atoms with van der Waals surface area (Å²) < 4.78 is 11.2. The maximum Gasteiger partial charge on any atom is 0.239 e. The molecule has 2 unspecified atom stereocenters. The lowest BCUT2D eigenvalue weighted by molar-refractivity contribution is -0.133. The maximum absolute atomic E-state index is 12.3. The van der Waals surface area contributed by atoms with E-state index in [-0.39, 0.29) is 35.9 Å². The third kappa shape index (κ3) is 10.1. The quantitative estimate of drug-likeness (QED) is 0.170. The number of aliphatic imine (C=N–C) groups is 1. The molecule has 0 bridgehead atoms. The Morgan fingerprint density at radius 1 is 1.23 bits per heavy atom. The molecule has 2 fully saturated rings. The first-order chi connectivity index (χ1) is 14.1. The molecule has 2 N–H and O–H groups in total. The molecule has 9 heteroatoms. The van der Waals surface area contributed by atoms with E-state index in [9.17, 15) is 4.79 Å². The van der Waals surface area contributed by atoms with Gasteiger partial charge in [0, 0.05) is 53.5 Å². The van der Waals surface area contributed by atoms with Gasteiger partial charge < -0.3 is 25.0 Å². The van der Waals surface area contributed by atoms with Crippen LogP contribution in [0.3, 0.4) is 0 Å². The number of guanidine groups is 1. The zero-order valence-corrected chi connectivity index (χ0v) is 21.4. The smallest absolute Gasteiger partial charge is 0.239 e. The minimum Gasteiger partial charge on any atom is -0.379 e. The van der Waals surface area contributed by atoms with Gasteiger partial charge in [-0.15, -0.1) is 24.0 Å². The number of carbonyl (C=O) groups excluding carboxylic acids is 1. The Morgan fingerprint density at radius 2 is 2.07 bits per heavy atom. The minimum atomic E-state index is 0. The maximum atomic E-state index is 12.3. The number of likely N-dealkylation sites (N-methyl/N-ethyl adjacent to an activating group) is 1. The Kier molecular flexibility index (Phi) is 14.6. The number of carbonyl (C=O) groups is 1. The van der Waals surface area contributed by atoms with Gasteiger partial charge in [-0.2, -0.15) is 0 Å². The van der Waals surface area contributed by atoms with E-state index in [0.717, 1.165) is 90.4 Å². The van der Waals surface area contributed by atoms with Crippen LogP contribution in [0.1, 0.15) is 45.4 Å². The Balaban J connectivity index is 0.00000450. The van der Waals surface area contributed by atoms with Crippen LogP contribution in [0.2, 0.25) is 0 Å². The van der Waals surface area contributed by atoms with Gasteiger partial charge in [-0.25, -0.2) is 0 Å². The average molecular weight is 540 g/mol. The second-order valence-corrected chi connectivity index (χ2v) is 8.03. The highest BCUT2D eigenvalue weighted by Crippen LogP contribution is 2.18. The van der Waals surface area contributed by atoms with Crippen molar-refractivity contribution in [2.24, 2.45) is 4.99 Å². The zero-order valence-electron chi connectivity index (χ0n) is 19.0. The third-order valence-electron chi connectivity index (χ3n) is 5.39. The van der Waals surface area contributed by atoms with Crippen LogP contribution in [-0.4, -0.2) is 100 Å². The van der Waals surface area contributed by atoms with Gasteiger partial charge in [0.25, 0.3) is 0 Å². The van der Waals surface area contributed by atoms with Crippen molar-refractivity contribution >= 4 is 35.8 Å². The van der Waals surface area contributed by atoms with Crippen molar-refractivity contribution in [1.29, 1.82) is 0 Å². The van der Waals surface area contributed by atoms with E-state index in [1.54, 1.807) is 4.90 Å². The lowest BCUT2D eigenvalue weighted by atomic mass is 10.2. The van der Waals surface area contributed by atoms with Crippen LogP contribution >= 0.6 is 24.0 Å². The van der Waals surface area contributed by atoms with Crippen molar-refractivity contribution in [2.45, 2.75) is 57.6 Å². The monoisotopic (exact) mass is 539 g/mol. The van der Waals surface area contributed by atoms with Crippen molar-refractivity contribution in [2.75, 3.05) is 66.6 Å². The molecule has 2 aliphatic rings. The van der Waals surface area contributed by atoms with Crippen LogP contribution in [0.5, 0.6) is 0 Å². The largest absolute Gasteiger partial charge is 0.379 e. The van der Waals surface area contributed by atoms with E-state index >= 15 is 0 Å². The summed E-state index contributed by atoms with van der Waals surface area (Å²) in [5, 5.41) is 6.70. The molecule has 0 aromatic carbocycles. The van der Waals surface area contributed by atoms with E-state index < -0.39 is 0 Å². The normalized spacial score (nSPS) is 22.0. The van der Waals surface area contributed by atoms with Gasteiger partial charge in [0.2, 0.25) is 5.91 Å². The molecule has 0 saturated carbocycles. The second-order valence-electron chi connectivity index (χ2n) is 8.03. The number of nitrogens with one attached hydrogen (secondary N) is 2. The first kappa shape index (κ1) is 27.4. The third-order valence-corrected chi connectivity index (χ3v) is 5.39. The van der Waals surface area contributed by atoms with Crippen LogP contribution in [0.25, 0.3) is 0 Å². The summed E-state index contributed by atoms with van der Waals surface area (Å²) in [7, 11) is 3.68. The fourth-order valence-corrected chi connectivity index (χ4v) is 3.85. The molecule has 176 valence electrons. The summed E-state index contributed by atoms with van der Waals surface area (Å²) in [6.07, 6.45) is 6.55. The Hall–Kier alpha value is -0.650. The lowest BCUT2D eigenvalue weighted by Crippen LogP contribution is -2.44. The van der Waals surface area contributed by atoms with Crippen molar-refractivity contribution in [3.8, 4) is 0 Å². The molecule has 8 nitrogen and oxygen atoms in total. The molecule has 0 aliphatic carbocycles. The zero-order chi connectivity index (χ0) is 20.9. The van der Waals surface area contributed by atoms with E-state index in [0.29, 0.717) is 12.7 Å². The molecular weight excluding hydrogens is 497 g/mol. The van der Waals surface area contributed by atoms with Crippen LogP contribution in [0.15, 0.2) is 4.99 Å². The van der Waals surface area contributed by atoms with E-state index in [1.807, 2.05) is 14.1 Å². The minimum absolute atomic E-state index is 0. The van der Waals surface area contributed by atoms with Crippen molar-refractivity contribution < 1.29 is 14.3 Å². The Bertz CT molecular complexity index is 501. The number of halogens is 1. The lowest BCUT2D eigenvalue weighted by Gasteiger charge is -2.26. The predicted octanol–water partition coefficient (Wildman–Crippen LogP) is 1.69. The van der Waals surface area contributed by atoms with Gasteiger partial charge in [-0.1, -0.05) is 0 Å². The predicted molar refractivity (Wildman–Crippen MR) is 132 cm³/mol. The molecule has 1 amide bonds. The first-order valence-electron chi connectivity index (χ1n) is 11.3. The summed E-state index contributed by atoms with van der Waals surface area (Å²) in [5.74, 6) is 1.08. The van der Waals surface area contributed by atoms with Gasteiger partial charge in [0.05, 0.1) is 18.8 Å². The van der Waals surface area contributed by atoms with Crippen molar-refractivity contribution in [1.82, 2.24) is 20.4 Å². The fourth-order valence-electron chi connectivity index (χ4n) is 3.85. The molecule has 0 radical (unpaired) electrons. The van der Waals surface area contributed by atoms with Crippen molar-refractivity contribution in [3.05, 3.63) is 0 Å². The Morgan fingerprint density at radius 3 is 2.77 bits per heavy atom. The van der Waals surface area contributed by atoms with Gasteiger partial charge >= 0.3 is 0 Å². The molecule has 0 aromatic rings. The molecule has 2 saturated heterocycles. The first-order valence-corrected chi connectivity index (χ1v) is 11.3. The molecule has 2 heterocycles. The number of nitrogens with zero attached hydrogens (tertiary/aromatic N) is 3. The summed E-state index contributed by atoms with van der Waals surface area (Å²) >= 11 is 0. The van der Waals surface area contributed by atoms with Gasteiger partial charge in [0.1, 0.15) is 0 Å². The van der Waals surface area contributed by atoms with Crippen LogP contribution in [0.4, 0.5) is 0 Å². The summed E-state index contributed by atoms with van der Waals surface area (Å²) in [6.45, 7) is 8.76. The number of rotatable bonds is 12. The number of hydrogen-bond donors (Lipinski definition) is 2. The van der Waals surface area contributed by atoms with Crippen molar-refractivity contribution in [3.63, 3.8) is 0 Å². The number of likely N-dealkylation sites (tertiary alicyclic amines) is 1. The van der Waals surface area contributed by atoms with Crippen LogP contribution < -0.4 is 10.6 Å². The van der Waals surface area contributed by atoms with E-state index in [4.69, 9.17) is 9.47 Å². The van der Waals surface area contributed by atoms with Crippen LogP contribution in [-0.2, 0) is 14.3 Å². The topological polar surface area (TPSA) is 78.4 Å². The summed E-state index contributed by atoms with van der Waals surface area (Å²) in [4.78, 5) is 20.9. The summed E-state index contributed by atoms with van der Waals surface area (Å²) in [5.41, 5.74) is 0. The average Bonchev–Trinajstić information content (AvgIpc) is 3.38. The highest BCUT2D eigenvalue weighted by molar-refractivity contribution is 14.0. The Labute approximate surface area is 199 Å². The standard InChI is InChI=1S/C21H41N5O3.HI/c1-4-22-21(24-12-8-15-28-17-18-9-6-16-29-18)23-11-7-14-26-13-5-10-19(26)20(27)25(2)3;/h18-19H,4-17H2,1-3H3,(H2,22,23,24);1H. The van der Waals surface area contributed by atoms with Gasteiger partial charge in [-0.05, 0) is 52.0 Å². The van der Waals surface area contributed by atoms with E-state index in [1.165, 1.54) is 0 Å². The van der Waals surface area contributed by atoms with Gasteiger partial charge in [0.15, 0.2) is 5.96 Å². The highest BCUT2D eigenvalue weighted by atomic mass is 127. The second kappa shape index (κ2) is 16.0. The highest BCUT2D eigenvalue weighted by Gasteiger charge is 2.30. The molecule has 2 atom stereocenters. The van der Waals surface area contributed by atoms with Crippen LogP contribution in [0, 0.1) is 0 Å². The summed E-state index contributed by atoms with van der Waals surface area (Å²) in [6, 6.07) is 0.0570. The van der Waals surface area contributed by atoms with E-state index in [2.05, 4.69) is 27.4 Å². The molecular formula is C21H42IN5O3. The fraction of sp³-hybridized carbons (Fsp3) is 0.905. The molecule has 2 aliphatic heterocycles. The SMILES string of the molecule is CCNC(=NCCCOCC1CCCO1)NCCCN1CCCC1C(=O)N(C)C.I. The molecule has 30 heavy (non-hydrogen) atoms.